The van der Waals surface area contributed by atoms with Crippen LogP contribution in [-0.4, -0.2) is 67.6 Å². The van der Waals surface area contributed by atoms with Crippen LogP contribution in [0.1, 0.15) is 39.5 Å². The fraction of sp³-hybridized carbons (Fsp3) is 0.375. The molecule has 0 aromatic heterocycles. The molecule has 1 unspecified atom stereocenters. The zero-order valence-corrected chi connectivity index (χ0v) is 23.8. The first-order valence-electron chi connectivity index (χ1n) is 13.7. The maximum atomic E-state index is 13.8. The molecule has 3 aromatic rings. The van der Waals surface area contributed by atoms with E-state index in [0.717, 1.165) is 60.2 Å². The first-order valence-corrected chi connectivity index (χ1v) is 14.1. The molecule has 0 N–H and O–H groups in total. The Bertz CT molecular complexity index is 1390. The number of para-hydroxylation sites is 2. The summed E-state index contributed by atoms with van der Waals surface area (Å²) in [5.41, 5.74) is 6.98. The van der Waals surface area contributed by atoms with E-state index in [4.69, 9.17) is 11.6 Å². The second kappa shape index (κ2) is 11.7. The predicted molar refractivity (Wildman–Crippen MR) is 159 cm³/mol. The van der Waals surface area contributed by atoms with Gasteiger partial charge in [0.2, 0.25) is 0 Å². The number of anilines is 2. The van der Waals surface area contributed by atoms with E-state index in [2.05, 4.69) is 52.8 Å². The molecule has 2 fully saturated rings. The number of hydrogen-bond donors (Lipinski definition) is 0. The number of rotatable bonds is 5. The third-order valence-corrected chi connectivity index (χ3v) is 8.45. The van der Waals surface area contributed by atoms with Crippen LogP contribution in [0.3, 0.4) is 0 Å². The zero-order valence-electron chi connectivity index (χ0n) is 23.0. The zero-order chi connectivity index (χ0) is 27.5. The summed E-state index contributed by atoms with van der Waals surface area (Å²) in [5, 5.41) is 10.3. The van der Waals surface area contributed by atoms with Crippen LogP contribution in [0.15, 0.2) is 60.7 Å². The van der Waals surface area contributed by atoms with Crippen LogP contribution in [0.2, 0.25) is 5.02 Å². The maximum Gasteiger partial charge on any atom is 0.254 e. The van der Waals surface area contributed by atoms with Crippen molar-refractivity contribution >= 4 is 28.9 Å². The largest absolute Gasteiger partial charge is 0.368 e. The Labute approximate surface area is 237 Å². The van der Waals surface area contributed by atoms with E-state index in [1.165, 1.54) is 11.1 Å². The van der Waals surface area contributed by atoms with Gasteiger partial charge in [0.1, 0.15) is 6.07 Å². The van der Waals surface area contributed by atoms with Crippen molar-refractivity contribution in [2.45, 2.75) is 33.4 Å². The highest BCUT2D eigenvalue weighted by atomic mass is 35.5. The molecule has 6 nitrogen and oxygen atoms in total. The molecule has 5 rings (SSSR count). The molecule has 0 aliphatic carbocycles. The summed E-state index contributed by atoms with van der Waals surface area (Å²) in [7, 11) is 0. The van der Waals surface area contributed by atoms with Crippen molar-refractivity contribution in [2.24, 2.45) is 0 Å². The molecule has 0 radical (unpaired) electrons. The Morgan fingerprint density at radius 1 is 0.897 bits per heavy atom. The van der Waals surface area contributed by atoms with Gasteiger partial charge in [-0.15, -0.1) is 0 Å². The van der Waals surface area contributed by atoms with Gasteiger partial charge in [-0.1, -0.05) is 41.9 Å². The smallest absolute Gasteiger partial charge is 0.254 e. The van der Waals surface area contributed by atoms with E-state index in [9.17, 15) is 10.1 Å². The molecule has 0 saturated carbocycles. The van der Waals surface area contributed by atoms with Crippen LogP contribution in [0, 0.1) is 25.2 Å². The van der Waals surface area contributed by atoms with E-state index in [1.54, 1.807) is 0 Å². The van der Waals surface area contributed by atoms with Crippen molar-refractivity contribution in [2.75, 3.05) is 55.6 Å². The number of carbonyl (C=O) groups excluding carboxylic acids is 1. The molecule has 1 atom stereocenters. The molecular formula is C32H36ClN5O. The minimum Gasteiger partial charge on any atom is -0.368 e. The number of carbonyl (C=O) groups is 1. The Morgan fingerprint density at radius 3 is 2.26 bits per heavy atom. The number of nitriles is 1. The highest BCUT2D eigenvalue weighted by Crippen LogP contribution is 2.28. The average molecular weight is 542 g/mol. The maximum absolute atomic E-state index is 13.8. The Hall–Kier alpha value is -3.53. The first kappa shape index (κ1) is 27.1. The van der Waals surface area contributed by atoms with Crippen LogP contribution in [0.4, 0.5) is 11.4 Å². The van der Waals surface area contributed by atoms with Gasteiger partial charge >= 0.3 is 0 Å². The van der Waals surface area contributed by atoms with Gasteiger partial charge in [-0.05, 0) is 67.8 Å². The second-order valence-corrected chi connectivity index (χ2v) is 11.1. The molecule has 1 amide bonds. The molecule has 2 aliphatic heterocycles. The third-order valence-electron chi connectivity index (χ3n) is 8.13. The van der Waals surface area contributed by atoms with Crippen molar-refractivity contribution in [3.63, 3.8) is 0 Å². The average Bonchev–Trinajstić information content (AvgIpc) is 2.95. The van der Waals surface area contributed by atoms with Crippen LogP contribution in [0.25, 0.3) is 0 Å². The molecule has 0 bridgehead atoms. The van der Waals surface area contributed by atoms with Crippen molar-refractivity contribution in [3.05, 3.63) is 93.5 Å². The molecule has 2 saturated heterocycles. The number of hydrogen-bond acceptors (Lipinski definition) is 5. The van der Waals surface area contributed by atoms with E-state index in [-0.39, 0.29) is 11.9 Å². The van der Waals surface area contributed by atoms with Crippen LogP contribution < -0.4 is 9.80 Å². The monoisotopic (exact) mass is 541 g/mol. The lowest BCUT2D eigenvalue weighted by Gasteiger charge is -2.41. The topological polar surface area (TPSA) is 53.8 Å². The Kier molecular flexibility index (Phi) is 8.11. The quantitative estimate of drug-likeness (QED) is 0.427. The molecule has 7 heteroatoms. The van der Waals surface area contributed by atoms with Crippen molar-refractivity contribution < 1.29 is 4.79 Å². The van der Waals surface area contributed by atoms with Gasteiger partial charge in [-0.2, -0.15) is 5.26 Å². The van der Waals surface area contributed by atoms with Gasteiger partial charge < -0.3 is 14.7 Å². The molecular weight excluding hydrogens is 506 g/mol. The van der Waals surface area contributed by atoms with Gasteiger partial charge in [0, 0.05) is 64.0 Å². The minimum atomic E-state index is 0.0417. The summed E-state index contributed by atoms with van der Waals surface area (Å²) >= 11 is 6.43. The van der Waals surface area contributed by atoms with Crippen LogP contribution in [0.5, 0.6) is 0 Å². The number of nitrogens with zero attached hydrogens (tertiary/aromatic N) is 5. The summed E-state index contributed by atoms with van der Waals surface area (Å²) in [4.78, 5) is 22.8. The predicted octanol–water partition coefficient (Wildman–Crippen LogP) is 5.50. The number of benzene rings is 3. The van der Waals surface area contributed by atoms with E-state index in [1.807, 2.05) is 54.3 Å². The summed E-state index contributed by atoms with van der Waals surface area (Å²) in [6.07, 6.45) is 0. The SMILES string of the molecule is Cc1cc(C)c(C(=O)N2CCN(c3ccccc3C#N)CC2C)cc1CN1CCN(c2ccccc2Cl)CC1. The molecule has 2 heterocycles. The van der Waals surface area contributed by atoms with Gasteiger partial charge in [0.15, 0.2) is 0 Å². The van der Waals surface area contributed by atoms with Crippen LogP contribution in [-0.2, 0) is 6.54 Å². The molecule has 2 aliphatic rings. The Morgan fingerprint density at radius 2 is 1.56 bits per heavy atom. The highest BCUT2D eigenvalue weighted by molar-refractivity contribution is 6.33. The summed E-state index contributed by atoms with van der Waals surface area (Å²) < 4.78 is 0. The standard InChI is InChI=1S/C32H36ClN5O/c1-23-18-24(2)28(19-27(23)22-35-12-14-36(15-13-35)31-11-7-5-9-29(31)33)32(39)38-17-16-37(21-25(38)3)30-10-6-4-8-26(30)20-34/h4-11,18-19,25H,12-17,21-22H2,1-3H3. The van der Waals surface area contributed by atoms with Gasteiger partial charge in [-0.3, -0.25) is 9.69 Å². The molecule has 39 heavy (non-hydrogen) atoms. The second-order valence-electron chi connectivity index (χ2n) is 10.7. The summed E-state index contributed by atoms with van der Waals surface area (Å²) in [5.74, 6) is 0.0954. The molecule has 202 valence electrons. The summed E-state index contributed by atoms with van der Waals surface area (Å²) in [6.45, 7) is 12.9. The fourth-order valence-electron chi connectivity index (χ4n) is 5.87. The van der Waals surface area contributed by atoms with Crippen LogP contribution >= 0.6 is 11.6 Å². The molecule has 0 spiro atoms. The lowest BCUT2D eigenvalue weighted by atomic mass is 9.97. The molecule has 3 aromatic carbocycles. The number of aryl methyl sites for hydroxylation is 2. The lowest BCUT2D eigenvalue weighted by Crippen LogP contribution is -2.54. The first-order chi connectivity index (χ1) is 18.9. The van der Waals surface area contributed by atoms with Gasteiger partial charge in [0.05, 0.1) is 22.0 Å². The third kappa shape index (κ3) is 5.75. The minimum absolute atomic E-state index is 0.0417. The normalized spacial score (nSPS) is 18.2. The fourth-order valence-corrected chi connectivity index (χ4v) is 6.13. The van der Waals surface area contributed by atoms with Crippen molar-refractivity contribution in [1.29, 1.82) is 5.26 Å². The van der Waals surface area contributed by atoms with E-state index < -0.39 is 0 Å². The van der Waals surface area contributed by atoms with Crippen molar-refractivity contribution in [1.82, 2.24) is 9.80 Å². The number of piperazine rings is 2. The lowest BCUT2D eigenvalue weighted by molar-refractivity contribution is 0.0673. The number of halogens is 1. The van der Waals surface area contributed by atoms with E-state index >= 15 is 0 Å². The number of amides is 1. The van der Waals surface area contributed by atoms with Gasteiger partial charge in [-0.25, -0.2) is 0 Å². The van der Waals surface area contributed by atoms with Crippen molar-refractivity contribution in [3.8, 4) is 6.07 Å². The summed E-state index contributed by atoms with van der Waals surface area (Å²) in [6, 6.07) is 22.4. The van der Waals surface area contributed by atoms with Gasteiger partial charge in [0.25, 0.3) is 5.91 Å². The Balaban J connectivity index is 1.26. The van der Waals surface area contributed by atoms with E-state index in [0.29, 0.717) is 25.2 Å². The highest BCUT2D eigenvalue weighted by Gasteiger charge is 2.30.